The Morgan fingerprint density at radius 1 is 1.55 bits per heavy atom. The Kier molecular flexibility index (Phi) is 3.22. The molecule has 0 N–H and O–H groups in total. The minimum atomic E-state index is -0.248. The Labute approximate surface area is 82.3 Å². The molecule has 1 aromatic rings. The summed E-state index contributed by atoms with van der Waals surface area (Å²) in [4.78, 5) is 0.560. The molecule has 0 aliphatic carbocycles. The molecule has 0 fully saturated rings. The fourth-order valence-corrected chi connectivity index (χ4v) is 2.22. The molecule has 0 unspecified atom stereocenters. The third kappa shape index (κ3) is 2.10. The first-order valence-corrected chi connectivity index (χ1v) is 5.23. The van der Waals surface area contributed by atoms with Crippen LogP contribution in [-0.2, 0) is 0 Å². The molecule has 11 heavy (non-hydrogen) atoms. The van der Waals surface area contributed by atoms with Gasteiger partial charge in [0.15, 0.2) is 5.82 Å². The van der Waals surface area contributed by atoms with Crippen LogP contribution < -0.4 is 0 Å². The van der Waals surface area contributed by atoms with Crippen molar-refractivity contribution >= 4 is 39.3 Å². The first-order chi connectivity index (χ1) is 5.15. The third-order valence-electron chi connectivity index (χ3n) is 1.18. The van der Waals surface area contributed by atoms with Gasteiger partial charge in [-0.2, -0.15) is 0 Å². The van der Waals surface area contributed by atoms with Crippen LogP contribution in [-0.4, -0.2) is 6.26 Å². The van der Waals surface area contributed by atoms with E-state index in [1.54, 1.807) is 12.3 Å². The maximum Gasteiger partial charge on any atom is 0.151 e. The van der Waals surface area contributed by atoms with Gasteiger partial charge in [0, 0.05) is 9.92 Å². The first-order valence-electron chi connectivity index (χ1n) is 2.83. The summed E-state index contributed by atoms with van der Waals surface area (Å²) in [6.07, 6.45) is 1.81. The molecule has 0 aromatic heterocycles. The van der Waals surface area contributed by atoms with Gasteiger partial charge in [0.05, 0.1) is 4.47 Å². The van der Waals surface area contributed by atoms with Crippen molar-refractivity contribution in [3.8, 4) is 0 Å². The van der Waals surface area contributed by atoms with E-state index in [1.807, 2.05) is 0 Å². The molecule has 1 rings (SSSR count). The normalized spacial score (nSPS) is 10.2. The zero-order chi connectivity index (χ0) is 8.43. The minimum absolute atomic E-state index is 0.248. The summed E-state index contributed by atoms with van der Waals surface area (Å²) in [7, 11) is 0. The van der Waals surface area contributed by atoms with Gasteiger partial charge in [-0.3, -0.25) is 0 Å². The Balaban J connectivity index is 3.24. The highest BCUT2D eigenvalue weighted by atomic mass is 79.9. The van der Waals surface area contributed by atoms with E-state index in [-0.39, 0.29) is 5.82 Å². The number of rotatable bonds is 1. The number of hydrogen-bond acceptors (Lipinski definition) is 1. The summed E-state index contributed by atoms with van der Waals surface area (Å²) in [6.45, 7) is 0. The van der Waals surface area contributed by atoms with E-state index < -0.39 is 0 Å². The summed E-state index contributed by atoms with van der Waals surface area (Å²) < 4.78 is 13.5. The quantitative estimate of drug-likeness (QED) is 0.541. The topological polar surface area (TPSA) is 0 Å². The van der Waals surface area contributed by atoms with Crippen LogP contribution >= 0.6 is 39.3 Å². The van der Waals surface area contributed by atoms with Crippen LogP contribution in [0.3, 0.4) is 0 Å². The summed E-state index contributed by atoms with van der Waals surface area (Å²) in [5, 5.41) is 0.544. The molecule has 0 spiro atoms. The van der Waals surface area contributed by atoms with Gasteiger partial charge < -0.3 is 0 Å². The van der Waals surface area contributed by atoms with Crippen LogP contribution in [0.15, 0.2) is 21.5 Å². The van der Waals surface area contributed by atoms with Crippen LogP contribution in [0.25, 0.3) is 0 Å². The average molecular weight is 256 g/mol. The van der Waals surface area contributed by atoms with E-state index in [0.717, 1.165) is 0 Å². The van der Waals surface area contributed by atoms with E-state index in [4.69, 9.17) is 11.6 Å². The van der Waals surface area contributed by atoms with Crippen LogP contribution in [0.4, 0.5) is 4.39 Å². The van der Waals surface area contributed by atoms with Gasteiger partial charge in [0.2, 0.25) is 0 Å². The molecule has 0 heterocycles. The van der Waals surface area contributed by atoms with Gasteiger partial charge in [0.1, 0.15) is 0 Å². The van der Waals surface area contributed by atoms with Crippen molar-refractivity contribution in [3.63, 3.8) is 0 Å². The van der Waals surface area contributed by atoms with E-state index in [1.165, 1.54) is 17.8 Å². The van der Waals surface area contributed by atoms with Gasteiger partial charge in [-0.15, -0.1) is 11.8 Å². The minimum Gasteiger partial charge on any atom is -0.205 e. The average Bonchev–Trinajstić information content (AvgIpc) is 1.96. The maximum atomic E-state index is 13.1. The second-order valence-corrected chi connectivity index (χ2v) is 4.04. The fraction of sp³-hybridized carbons (Fsp3) is 0.143. The highest BCUT2D eigenvalue weighted by Crippen LogP contribution is 2.29. The van der Waals surface area contributed by atoms with Gasteiger partial charge in [0.25, 0.3) is 0 Å². The largest absolute Gasteiger partial charge is 0.205 e. The lowest BCUT2D eigenvalue weighted by Gasteiger charge is -2.01. The maximum absolute atomic E-state index is 13.1. The second-order valence-electron chi connectivity index (χ2n) is 1.90. The van der Waals surface area contributed by atoms with Gasteiger partial charge >= 0.3 is 0 Å². The Bertz CT molecular complexity index is 277. The van der Waals surface area contributed by atoms with Crippen LogP contribution in [0.1, 0.15) is 0 Å². The van der Waals surface area contributed by atoms with Crippen molar-refractivity contribution in [1.82, 2.24) is 0 Å². The lowest BCUT2D eigenvalue weighted by atomic mass is 10.3. The zero-order valence-corrected chi connectivity index (χ0v) is 8.86. The fourth-order valence-electron chi connectivity index (χ4n) is 0.681. The number of hydrogen-bond donors (Lipinski definition) is 0. The molecular formula is C7H5BrClFS. The van der Waals surface area contributed by atoms with Crippen molar-refractivity contribution in [2.75, 3.05) is 6.26 Å². The van der Waals surface area contributed by atoms with Gasteiger partial charge in [-0.05, 0) is 34.3 Å². The van der Waals surface area contributed by atoms with E-state index >= 15 is 0 Å². The van der Waals surface area contributed by atoms with E-state index in [0.29, 0.717) is 14.4 Å². The Morgan fingerprint density at radius 2 is 2.18 bits per heavy atom. The van der Waals surface area contributed by atoms with Crippen LogP contribution in [0.5, 0.6) is 0 Å². The molecule has 0 atom stereocenters. The Hall–Kier alpha value is 0.270. The standard InChI is InChI=1S/C7H5BrClFS/c1-11-6-3-4(9)2-5(8)7(6)10/h2-3H,1H3. The highest BCUT2D eigenvalue weighted by molar-refractivity contribution is 9.10. The van der Waals surface area contributed by atoms with E-state index in [2.05, 4.69) is 15.9 Å². The molecule has 1 aromatic carbocycles. The predicted octanol–water partition coefficient (Wildman–Crippen LogP) is 3.96. The monoisotopic (exact) mass is 254 g/mol. The third-order valence-corrected chi connectivity index (χ3v) is 2.71. The van der Waals surface area contributed by atoms with Gasteiger partial charge in [-0.25, -0.2) is 4.39 Å². The predicted molar refractivity (Wildman–Crippen MR) is 50.9 cm³/mol. The SMILES string of the molecule is CSc1cc(Cl)cc(Br)c1F. The van der Waals surface area contributed by atoms with Crippen molar-refractivity contribution in [2.24, 2.45) is 0 Å². The molecule has 0 saturated carbocycles. The lowest BCUT2D eigenvalue weighted by Crippen LogP contribution is -1.81. The molecule has 0 nitrogen and oxygen atoms in total. The molecule has 60 valence electrons. The van der Waals surface area contributed by atoms with Crippen molar-refractivity contribution in [3.05, 3.63) is 27.4 Å². The summed E-state index contributed by atoms with van der Waals surface area (Å²) >= 11 is 10.1. The number of benzene rings is 1. The lowest BCUT2D eigenvalue weighted by molar-refractivity contribution is 0.595. The van der Waals surface area contributed by atoms with Crippen molar-refractivity contribution in [1.29, 1.82) is 0 Å². The zero-order valence-electron chi connectivity index (χ0n) is 5.70. The molecule has 0 bridgehead atoms. The number of halogens is 3. The first kappa shape index (κ1) is 9.36. The molecule has 0 saturated heterocycles. The van der Waals surface area contributed by atoms with Crippen LogP contribution in [0.2, 0.25) is 5.02 Å². The molecule has 4 heteroatoms. The Morgan fingerprint density at radius 3 is 2.73 bits per heavy atom. The molecule has 0 radical (unpaired) electrons. The van der Waals surface area contributed by atoms with Crippen molar-refractivity contribution < 1.29 is 4.39 Å². The summed E-state index contributed by atoms with van der Waals surface area (Å²) in [5.41, 5.74) is 0. The second kappa shape index (κ2) is 3.78. The smallest absolute Gasteiger partial charge is 0.151 e. The highest BCUT2D eigenvalue weighted by Gasteiger charge is 2.06. The summed E-state index contributed by atoms with van der Waals surface area (Å²) in [5.74, 6) is -0.248. The number of thioether (sulfide) groups is 1. The molecule has 0 amide bonds. The van der Waals surface area contributed by atoms with Crippen molar-refractivity contribution in [2.45, 2.75) is 4.90 Å². The van der Waals surface area contributed by atoms with Gasteiger partial charge in [-0.1, -0.05) is 11.6 Å². The molecule has 0 aliphatic heterocycles. The molecular weight excluding hydrogens is 250 g/mol. The van der Waals surface area contributed by atoms with Crippen LogP contribution in [0, 0.1) is 5.82 Å². The summed E-state index contributed by atoms with van der Waals surface area (Å²) in [6, 6.07) is 3.14. The molecule has 0 aliphatic rings. The van der Waals surface area contributed by atoms with E-state index in [9.17, 15) is 4.39 Å².